The van der Waals surface area contributed by atoms with Gasteiger partial charge in [0, 0.05) is 18.2 Å². The van der Waals surface area contributed by atoms with E-state index in [4.69, 9.17) is 14.6 Å². The number of aliphatic carboxylic acids is 1. The lowest BCUT2D eigenvalue weighted by molar-refractivity contribution is -0.141. The maximum Gasteiger partial charge on any atom is 0.307 e. The fourth-order valence-electron chi connectivity index (χ4n) is 2.86. The van der Waals surface area contributed by atoms with Crippen molar-refractivity contribution in [2.75, 3.05) is 20.8 Å². The van der Waals surface area contributed by atoms with Crippen LogP contribution in [-0.2, 0) is 11.2 Å². The van der Waals surface area contributed by atoms with Crippen molar-refractivity contribution < 1.29 is 19.4 Å². The second-order valence-electron chi connectivity index (χ2n) is 4.95. The lowest BCUT2D eigenvalue weighted by Gasteiger charge is -2.20. The predicted octanol–water partition coefficient (Wildman–Crippen LogP) is 2.00. The number of rotatable bonds is 5. The molecule has 110 valence electrons. The summed E-state index contributed by atoms with van der Waals surface area (Å²) in [6.45, 7) is 2.57. The molecule has 1 aromatic rings. The first-order valence-electron chi connectivity index (χ1n) is 6.82. The highest BCUT2D eigenvalue weighted by atomic mass is 16.5. The molecule has 20 heavy (non-hydrogen) atoms. The van der Waals surface area contributed by atoms with Crippen LogP contribution < -0.4 is 14.8 Å². The standard InChI is InChI=1S/C15H21NO4/c1-4-10-11(5-6-13(19-2)14(10)20-3)12-7-9(8-16-12)15(17)18/h5-6,9,12,16H,4,7-8H2,1-3H3,(H,17,18). The van der Waals surface area contributed by atoms with E-state index in [1.807, 2.05) is 12.1 Å². The summed E-state index contributed by atoms with van der Waals surface area (Å²) in [6.07, 6.45) is 1.42. The van der Waals surface area contributed by atoms with E-state index in [2.05, 4.69) is 12.2 Å². The summed E-state index contributed by atoms with van der Waals surface area (Å²) in [5.74, 6) is 0.394. The minimum Gasteiger partial charge on any atom is -0.493 e. The highest BCUT2D eigenvalue weighted by Crippen LogP contribution is 2.39. The SMILES string of the molecule is CCc1c(C2CC(C(=O)O)CN2)ccc(OC)c1OC. The summed E-state index contributed by atoms with van der Waals surface area (Å²) in [4.78, 5) is 11.1. The number of carboxylic acid groups (broad SMARTS) is 1. The molecule has 1 aliphatic heterocycles. The number of hydrogen-bond donors (Lipinski definition) is 2. The Kier molecular flexibility index (Phi) is 4.49. The van der Waals surface area contributed by atoms with E-state index in [0.29, 0.717) is 18.7 Å². The molecule has 2 atom stereocenters. The van der Waals surface area contributed by atoms with Crippen LogP contribution in [0.15, 0.2) is 12.1 Å². The zero-order valence-electron chi connectivity index (χ0n) is 12.1. The van der Waals surface area contributed by atoms with Gasteiger partial charge in [-0.2, -0.15) is 0 Å². The zero-order valence-corrected chi connectivity index (χ0v) is 12.1. The quantitative estimate of drug-likeness (QED) is 0.863. The van der Waals surface area contributed by atoms with E-state index >= 15 is 0 Å². The zero-order chi connectivity index (χ0) is 14.7. The van der Waals surface area contributed by atoms with Gasteiger partial charge in [0.05, 0.1) is 20.1 Å². The lowest BCUT2D eigenvalue weighted by Crippen LogP contribution is -2.18. The third-order valence-corrected chi connectivity index (χ3v) is 3.89. The molecule has 2 rings (SSSR count). The highest BCUT2D eigenvalue weighted by Gasteiger charge is 2.32. The molecule has 1 aromatic carbocycles. The minimum absolute atomic E-state index is 0.0610. The van der Waals surface area contributed by atoms with Crippen LogP contribution in [0.3, 0.4) is 0 Å². The number of carboxylic acids is 1. The molecule has 0 aromatic heterocycles. The van der Waals surface area contributed by atoms with Gasteiger partial charge in [-0.1, -0.05) is 13.0 Å². The number of carbonyl (C=O) groups is 1. The predicted molar refractivity (Wildman–Crippen MR) is 75.4 cm³/mol. The van der Waals surface area contributed by atoms with E-state index in [1.165, 1.54) is 0 Å². The first-order chi connectivity index (χ1) is 9.62. The van der Waals surface area contributed by atoms with Crippen LogP contribution in [0.4, 0.5) is 0 Å². The van der Waals surface area contributed by atoms with Crippen LogP contribution in [-0.4, -0.2) is 31.8 Å². The molecule has 0 aliphatic carbocycles. The fourth-order valence-corrected chi connectivity index (χ4v) is 2.86. The Morgan fingerprint density at radius 3 is 2.65 bits per heavy atom. The summed E-state index contributed by atoms with van der Waals surface area (Å²) >= 11 is 0. The Bertz CT molecular complexity index is 501. The van der Waals surface area contributed by atoms with Gasteiger partial charge in [-0.05, 0) is 24.5 Å². The van der Waals surface area contributed by atoms with Gasteiger partial charge in [-0.15, -0.1) is 0 Å². The number of benzene rings is 1. The summed E-state index contributed by atoms with van der Waals surface area (Å²) in [5, 5.41) is 12.4. The third-order valence-electron chi connectivity index (χ3n) is 3.89. The first-order valence-corrected chi connectivity index (χ1v) is 6.82. The maximum atomic E-state index is 11.1. The highest BCUT2D eigenvalue weighted by molar-refractivity contribution is 5.71. The van der Waals surface area contributed by atoms with E-state index in [9.17, 15) is 4.79 Å². The van der Waals surface area contributed by atoms with Crippen LogP contribution in [0.2, 0.25) is 0 Å². The van der Waals surface area contributed by atoms with Crippen LogP contribution >= 0.6 is 0 Å². The van der Waals surface area contributed by atoms with Crippen molar-refractivity contribution in [2.24, 2.45) is 5.92 Å². The second kappa shape index (κ2) is 6.13. The molecule has 0 amide bonds. The molecule has 0 spiro atoms. The van der Waals surface area contributed by atoms with Gasteiger partial charge in [-0.25, -0.2) is 0 Å². The van der Waals surface area contributed by atoms with Gasteiger partial charge in [0.1, 0.15) is 0 Å². The second-order valence-corrected chi connectivity index (χ2v) is 4.95. The van der Waals surface area contributed by atoms with Crippen LogP contribution in [0.1, 0.15) is 30.5 Å². The van der Waals surface area contributed by atoms with E-state index < -0.39 is 5.97 Å². The van der Waals surface area contributed by atoms with Gasteiger partial charge < -0.3 is 19.9 Å². The molecule has 1 saturated heterocycles. The van der Waals surface area contributed by atoms with Gasteiger partial charge >= 0.3 is 5.97 Å². The van der Waals surface area contributed by atoms with Gasteiger partial charge in [0.15, 0.2) is 11.5 Å². The third kappa shape index (κ3) is 2.58. The van der Waals surface area contributed by atoms with Crippen molar-refractivity contribution in [1.82, 2.24) is 5.32 Å². The normalized spacial score (nSPS) is 21.8. The van der Waals surface area contributed by atoms with Crippen LogP contribution in [0, 0.1) is 5.92 Å². The summed E-state index contributed by atoms with van der Waals surface area (Å²) in [6, 6.07) is 3.94. The molecule has 5 nitrogen and oxygen atoms in total. The van der Waals surface area contributed by atoms with Gasteiger partial charge in [0.25, 0.3) is 0 Å². The first kappa shape index (κ1) is 14.7. The molecule has 5 heteroatoms. The molecule has 0 saturated carbocycles. The van der Waals surface area contributed by atoms with Crippen molar-refractivity contribution >= 4 is 5.97 Å². The Balaban J connectivity index is 2.35. The monoisotopic (exact) mass is 279 g/mol. The van der Waals surface area contributed by atoms with Crippen molar-refractivity contribution in [3.05, 3.63) is 23.3 Å². The molecule has 0 radical (unpaired) electrons. The average molecular weight is 279 g/mol. The largest absolute Gasteiger partial charge is 0.493 e. The molecule has 1 heterocycles. The van der Waals surface area contributed by atoms with Crippen molar-refractivity contribution in [1.29, 1.82) is 0 Å². The summed E-state index contributed by atoms with van der Waals surface area (Å²) in [7, 11) is 3.24. The molecule has 1 aliphatic rings. The molecule has 1 fully saturated rings. The smallest absolute Gasteiger partial charge is 0.307 e. The van der Waals surface area contributed by atoms with Crippen molar-refractivity contribution in [3.8, 4) is 11.5 Å². The summed E-state index contributed by atoms with van der Waals surface area (Å²) < 4.78 is 10.8. The number of nitrogens with one attached hydrogen (secondary N) is 1. The lowest BCUT2D eigenvalue weighted by atomic mass is 9.94. The minimum atomic E-state index is -0.737. The molecular weight excluding hydrogens is 258 g/mol. The van der Waals surface area contributed by atoms with Crippen LogP contribution in [0.25, 0.3) is 0 Å². The molecular formula is C15H21NO4. The topological polar surface area (TPSA) is 67.8 Å². The Labute approximate surface area is 118 Å². The molecule has 0 bridgehead atoms. The Hall–Kier alpha value is -1.75. The Morgan fingerprint density at radius 1 is 1.40 bits per heavy atom. The molecule has 2 unspecified atom stereocenters. The van der Waals surface area contributed by atoms with Crippen molar-refractivity contribution in [2.45, 2.75) is 25.8 Å². The number of ether oxygens (including phenoxy) is 2. The Morgan fingerprint density at radius 2 is 2.15 bits per heavy atom. The number of hydrogen-bond acceptors (Lipinski definition) is 4. The van der Waals surface area contributed by atoms with Crippen molar-refractivity contribution in [3.63, 3.8) is 0 Å². The maximum absolute atomic E-state index is 11.1. The van der Waals surface area contributed by atoms with Gasteiger partial charge in [0.2, 0.25) is 0 Å². The van der Waals surface area contributed by atoms with Gasteiger partial charge in [-0.3, -0.25) is 4.79 Å². The summed E-state index contributed by atoms with van der Waals surface area (Å²) in [5.41, 5.74) is 2.18. The average Bonchev–Trinajstić information content (AvgIpc) is 2.95. The van der Waals surface area contributed by atoms with E-state index in [-0.39, 0.29) is 12.0 Å². The van der Waals surface area contributed by atoms with Crippen LogP contribution in [0.5, 0.6) is 11.5 Å². The molecule has 2 N–H and O–H groups in total. The van der Waals surface area contributed by atoms with E-state index in [0.717, 1.165) is 23.3 Å². The fraction of sp³-hybridized carbons (Fsp3) is 0.533. The van der Waals surface area contributed by atoms with E-state index in [1.54, 1.807) is 14.2 Å². The number of methoxy groups -OCH3 is 2.